The van der Waals surface area contributed by atoms with Gasteiger partial charge < -0.3 is 0 Å². The molecule has 0 N–H and O–H groups in total. The van der Waals surface area contributed by atoms with Gasteiger partial charge >= 0.3 is 0 Å². The van der Waals surface area contributed by atoms with Gasteiger partial charge in [0.15, 0.2) is 0 Å². The van der Waals surface area contributed by atoms with Gasteiger partial charge in [0.25, 0.3) is 11.8 Å². The Morgan fingerprint density at radius 2 is 1.86 bits per heavy atom. The van der Waals surface area contributed by atoms with Crippen molar-refractivity contribution in [2.24, 2.45) is 0 Å². The third kappa shape index (κ3) is 1.21. The van der Waals surface area contributed by atoms with Crippen LogP contribution in [0.2, 0.25) is 0 Å². The zero-order chi connectivity index (χ0) is 10.1. The van der Waals surface area contributed by atoms with E-state index in [9.17, 15) is 9.59 Å². The van der Waals surface area contributed by atoms with Gasteiger partial charge in [0.2, 0.25) is 0 Å². The maximum atomic E-state index is 11.3. The summed E-state index contributed by atoms with van der Waals surface area (Å²) in [6, 6.07) is 3.40. The standard InChI is InChI=1S/C10H8N2O2/c1-7-8(3-2-6-11-7)12-9(13)4-5-10(12)14/h2-6H,1H3. The molecule has 0 aliphatic carbocycles. The second-order valence-corrected chi connectivity index (χ2v) is 2.95. The lowest BCUT2D eigenvalue weighted by Gasteiger charge is -2.14. The van der Waals surface area contributed by atoms with Gasteiger partial charge in [-0.1, -0.05) is 0 Å². The van der Waals surface area contributed by atoms with Crippen molar-refractivity contribution in [3.63, 3.8) is 0 Å². The van der Waals surface area contributed by atoms with Crippen LogP contribution in [-0.4, -0.2) is 16.8 Å². The van der Waals surface area contributed by atoms with Crippen molar-refractivity contribution in [1.29, 1.82) is 0 Å². The summed E-state index contributed by atoms with van der Waals surface area (Å²) in [6.07, 6.45) is 4.14. The number of anilines is 1. The highest BCUT2D eigenvalue weighted by atomic mass is 16.2. The van der Waals surface area contributed by atoms with Gasteiger partial charge in [0.1, 0.15) is 0 Å². The smallest absolute Gasteiger partial charge is 0.258 e. The molecule has 0 aromatic carbocycles. The lowest BCUT2D eigenvalue weighted by atomic mass is 10.3. The number of pyridine rings is 1. The number of hydrogen-bond donors (Lipinski definition) is 0. The predicted molar refractivity (Wildman–Crippen MR) is 50.6 cm³/mol. The molecule has 4 nitrogen and oxygen atoms in total. The number of aromatic nitrogens is 1. The quantitative estimate of drug-likeness (QED) is 0.613. The monoisotopic (exact) mass is 188 g/mol. The molecule has 70 valence electrons. The first-order chi connectivity index (χ1) is 6.70. The lowest BCUT2D eigenvalue weighted by molar-refractivity contribution is -0.120. The minimum atomic E-state index is -0.314. The summed E-state index contributed by atoms with van der Waals surface area (Å²) in [5.74, 6) is -0.628. The van der Waals surface area contributed by atoms with Crippen molar-refractivity contribution in [1.82, 2.24) is 4.98 Å². The summed E-state index contributed by atoms with van der Waals surface area (Å²) < 4.78 is 0. The molecule has 4 heteroatoms. The summed E-state index contributed by atoms with van der Waals surface area (Å²) in [4.78, 5) is 27.8. The Bertz CT molecular complexity index is 420. The van der Waals surface area contributed by atoms with Crippen LogP contribution in [-0.2, 0) is 9.59 Å². The number of carbonyl (C=O) groups excluding carboxylic acids is 2. The molecule has 0 atom stereocenters. The van der Waals surface area contributed by atoms with Crippen LogP contribution in [0.25, 0.3) is 0 Å². The summed E-state index contributed by atoms with van der Waals surface area (Å²) in [5, 5.41) is 0. The van der Waals surface area contributed by atoms with Crippen LogP contribution >= 0.6 is 0 Å². The third-order valence-electron chi connectivity index (χ3n) is 2.03. The van der Waals surface area contributed by atoms with Gasteiger partial charge in [0.05, 0.1) is 11.4 Å². The van der Waals surface area contributed by atoms with E-state index in [-0.39, 0.29) is 11.8 Å². The van der Waals surface area contributed by atoms with Crippen molar-refractivity contribution in [2.75, 3.05) is 4.90 Å². The third-order valence-corrected chi connectivity index (χ3v) is 2.03. The molecule has 1 aliphatic rings. The van der Waals surface area contributed by atoms with Crippen LogP contribution in [0.1, 0.15) is 5.69 Å². The Hall–Kier alpha value is -1.97. The Kier molecular flexibility index (Phi) is 1.89. The maximum absolute atomic E-state index is 11.3. The van der Waals surface area contributed by atoms with E-state index in [1.807, 2.05) is 0 Å². The Labute approximate surface area is 80.9 Å². The molecule has 0 fully saturated rings. The average molecular weight is 188 g/mol. The van der Waals surface area contributed by atoms with Crippen molar-refractivity contribution in [3.8, 4) is 0 Å². The first-order valence-electron chi connectivity index (χ1n) is 4.18. The normalized spacial score (nSPS) is 15.4. The van der Waals surface area contributed by atoms with Crippen LogP contribution in [0.15, 0.2) is 30.5 Å². The SMILES string of the molecule is Cc1ncccc1N1C(=O)C=CC1=O. The van der Waals surface area contributed by atoms with E-state index >= 15 is 0 Å². The molecule has 0 bridgehead atoms. The fourth-order valence-electron chi connectivity index (χ4n) is 1.35. The number of rotatable bonds is 1. The number of aryl methyl sites for hydroxylation is 1. The highest BCUT2D eigenvalue weighted by molar-refractivity contribution is 6.28. The number of amides is 2. The molecule has 0 spiro atoms. The summed E-state index contributed by atoms with van der Waals surface area (Å²) >= 11 is 0. The van der Waals surface area contributed by atoms with Gasteiger partial charge in [-0.2, -0.15) is 0 Å². The van der Waals surface area contributed by atoms with Crippen molar-refractivity contribution in [3.05, 3.63) is 36.2 Å². The highest BCUT2D eigenvalue weighted by Crippen LogP contribution is 2.20. The lowest BCUT2D eigenvalue weighted by Crippen LogP contribution is -2.30. The number of imide groups is 1. The van der Waals surface area contributed by atoms with Gasteiger partial charge in [-0.25, -0.2) is 4.90 Å². The van der Waals surface area contributed by atoms with E-state index in [0.717, 1.165) is 4.90 Å². The van der Waals surface area contributed by atoms with Gasteiger partial charge in [0, 0.05) is 18.3 Å². The fraction of sp³-hybridized carbons (Fsp3) is 0.100. The van der Waals surface area contributed by atoms with Crippen LogP contribution in [0, 0.1) is 6.92 Å². The van der Waals surface area contributed by atoms with E-state index < -0.39 is 0 Å². The molecule has 1 aliphatic heterocycles. The van der Waals surface area contributed by atoms with E-state index in [1.54, 1.807) is 25.3 Å². The maximum Gasteiger partial charge on any atom is 0.258 e. The molecule has 0 saturated carbocycles. The van der Waals surface area contributed by atoms with E-state index in [2.05, 4.69) is 4.98 Å². The molecule has 2 rings (SSSR count). The second kappa shape index (κ2) is 3.06. The molecule has 2 amide bonds. The molecule has 14 heavy (non-hydrogen) atoms. The van der Waals surface area contributed by atoms with Crippen molar-refractivity contribution in [2.45, 2.75) is 6.92 Å². The number of nitrogens with zero attached hydrogens (tertiary/aromatic N) is 2. The molecule has 1 aromatic heterocycles. The second-order valence-electron chi connectivity index (χ2n) is 2.95. The van der Waals surface area contributed by atoms with Crippen molar-refractivity contribution < 1.29 is 9.59 Å². The fourth-order valence-corrected chi connectivity index (χ4v) is 1.35. The molecule has 0 saturated heterocycles. The molecule has 0 unspecified atom stereocenters. The first-order valence-corrected chi connectivity index (χ1v) is 4.18. The van der Waals surface area contributed by atoms with Gasteiger partial charge in [-0.15, -0.1) is 0 Å². The van der Waals surface area contributed by atoms with Crippen LogP contribution in [0.4, 0.5) is 5.69 Å². The molecular formula is C10H8N2O2. The van der Waals surface area contributed by atoms with E-state index in [0.29, 0.717) is 11.4 Å². The molecular weight excluding hydrogens is 180 g/mol. The zero-order valence-corrected chi connectivity index (χ0v) is 7.60. The summed E-state index contributed by atoms with van der Waals surface area (Å²) in [6.45, 7) is 1.76. The van der Waals surface area contributed by atoms with Crippen LogP contribution in [0.5, 0.6) is 0 Å². The zero-order valence-electron chi connectivity index (χ0n) is 7.60. The number of hydrogen-bond acceptors (Lipinski definition) is 3. The molecule has 1 aromatic rings. The minimum absolute atomic E-state index is 0.314. The summed E-state index contributed by atoms with van der Waals surface area (Å²) in [7, 11) is 0. The average Bonchev–Trinajstić information content (AvgIpc) is 2.48. The van der Waals surface area contributed by atoms with Crippen LogP contribution < -0.4 is 4.90 Å². The topological polar surface area (TPSA) is 50.3 Å². The largest absolute Gasteiger partial charge is 0.269 e. The minimum Gasteiger partial charge on any atom is -0.269 e. The van der Waals surface area contributed by atoms with Crippen LogP contribution in [0.3, 0.4) is 0 Å². The predicted octanol–water partition coefficient (Wildman–Crippen LogP) is 0.819. The van der Waals surface area contributed by atoms with Gasteiger partial charge in [-0.3, -0.25) is 14.6 Å². The van der Waals surface area contributed by atoms with E-state index in [1.165, 1.54) is 12.2 Å². The number of carbonyl (C=O) groups is 2. The van der Waals surface area contributed by atoms with Gasteiger partial charge in [-0.05, 0) is 19.1 Å². The Morgan fingerprint density at radius 1 is 1.21 bits per heavy atom. The Morgan fingerprint density at radius 3 is 2.43 bits per heavy atom. The summed E-state index contributed by atoms with van der Waals surface area (Å²) in [5.41, 5.74) is 1.21. The Balaban J connectivity index is 2.46. The highest BCUT2D eigenvalue weighted by Gasteiger charge is 2.26. The molecule has 2 heterocycles. The van der Waals surface area contributed by atoms with Crippen molar-refractivity contribution >= 4 is 17.5 Å². The van der Waals surface area contributed by atoms with E-state index in [4.69, 9.17) is 0 Å². The first kappa shape index (κ1) is 8.62. The molecule has 0 radical (unpaired) electrons.